The van der Waals surface area contributed by atoms with Crippen molar-refractivity contribution in [2.75, 3.05) is 6.61 Å². The van der Waals surface area contributed by atoms with Crippen molar-refractivity contribution >= 4 is 16.7 Å². The van der Waals surface area contributed by atoms with Crippen LogP contribution in [0.3, 0.4) is 0 Å². The summed E-state index contributed by atoms with van der Waals surface area (Å²) in [7, 11) is 0. The summed E-state index contributed by atoms with van der Waals surface area (Å²) in [5, 5.41) is 15.3. The van der Waals surface area contributed by atoms with E-state index in [9.17, 15) is 9.90 Å². The van der Waals surface area contributed by atoms with E-state index < -0.39 is 6.04 Å². The van der Waals surface area contributed by atoms with Crippen molar-refractivity contribution in [3.63, 3.8) is 0 Å². The molecule has 1 amide bonds. The highest BCUT2D eigenvalue weighted by Gasteiger charge is 2.24. The average molecular weight is 373 g/mol. The first kappa shape index (κ1) is 17.7. The Balaban J connectivity index is 1.64. The van der Waals surface area contributed by atoms with Gasteiger partial charge in [-0.15, -0.1) is 0 Å². The normalized spacial score (nSPS) is 11.9. The molecule has 0 fully saturated rings. The highest BCUT2D eigenvalue weighted by molar-refractivity contribution is 5.89. The maximum Gasteiger partial charge on any atom is 0.258 e. The molecule has 0 saturated carbocycles. The van der Waals surface area contributed by atoms with E-state index in [0.29, 0.717) is 17.1 Å². The largest absolute Gasteiger partial charge is 0.508 e. The van der Waals surface area contributed by atoms with Crippen LogP contribution in [0.1, 0.15) is 17.4 Å². The number of carbonyl (C=O) groups excluding carboxylic acids is 1. The number of para-hydroxylation sites is 1. The molecule has 0 spiro atoms. The number of phenols is 1. The van der Waals surface area contributed by atoms with Crippen LogP contribution in [-0.2, 0) is 4.79 Å². The molecule has 3 aromatic carbocycles. The quantitative estimate of drug-likeness (QED) is 0.525. The molecule has 28 heavy (non-hydrogen) atoms. The molecule has 5 nitrogen and oxygen atoms in total. The van der Waals surface area contributed by atoms with E-state index in [1.807, 2.05) is 48.5 Å². The van der Waals surface area contributed by atoms with Crippen molar-refractivity contribution in [1.29, 1.82) is 0 Å². The number of ether oxygens (including phenoxy) is 1. The summed E-state index contributed by atoms with van der Waals surface area (Å²) in [5.41, 5.74) is 0.584. The molecule has 1 unspecified atom stereocenters. The van der Waals surface area contributed by atoms with Gasteiger partial charge in [-0.25, -0.2) is 0 Å². The van der Waals surface area contributed by atoms with Gasteiger partial charge in [-0.1, -0.05) is 48.5 Å². The van der Waals surface area contributed by atoms with Gasteiger partial charge in [-0.05, 0) is 41.1 Å². The number of rotatable bonds is 6. The highest BCUT2D eigenvalue weighted by atomic mass is 16.5. The minimum atomic E-state index is -0.645. The van der Waals surface area contributed by atoms with Crippen LogP contribution >= 0.6 is 0 Å². The summed E-state index contributed by atoms with van der Waals surface area (Å²) in [6.45, 7) is -0.146. The second-order valence-corrected chi connectivity index (χ2v) is 6.34. The lowest BCUT2D eigenvalue weighted by Gasteiger charge is -2.20. The van der Waals surface area contributed by atoms with E-state index in [0.717, 1.165) is 10.8 Å². The van der Waals surface area contributed by atoms with E-state index in [-0.39, 0.29) is 18.3 Å². The second-order valence-electron chi connectivity index (χ2n) is 6.34. The van der Waals surface area contributed by atoms with Crippen molar-refractivity contribution in [2.24, 2.45) is 0 Å². The second kappa shape index (κ2) is 7.88. The lowest BCUT2D eigenvalue weighted by atomic mass is 9.96. The fourth-order valence-electron chi connectivity index (χ4n) is 3.20. The van der Waals surface area contributed by atoms with Gasteiger partial charge in [0, 0.05) is 5.56 Å². The van der Waals surface area contributed by atoms with Crippen LogP contribution in [0.2, 0.25) is 0 Å². The molecule has 0 aliphatic carbocycles. The van der Waals surface area contributed by atoms with Crippen molar-refractivity contribution < 1.29 is 19.1 Å². The Morgan fingerprint density at radius 1 is 0.964 bits per heavy atom. The third-order valence-electron chi connectivity index (χ3n) is 4.48. The molecule has 5 heteroatoms. The van der Waals surface area contributed by atoms with Crippen LogP contribution in [0, 0.1) is 0 Å². The van der Waals surface area contributed by atoms with Gasteiger partial charge in [-0.2, -0.15) is 0 Å². The van der Waals surface area contributed by atoms with Crippen LogP contribution < -0.4 is 10.1 Å². The van der Waals surface area contributed by atoms with E-state index in [4.69, 9.17) is 9.15 Å². The van der Waals surface area contributed by atoms with Gasteiger partial charge >= 0.3 is 0 Å². The number of aromatic hydroxyl groups is 1. The molecule has 4 rings (SSSR count). The van der Waals surface area contributed by atoms with Gasteiger partial charge in [0.15, 0.2) is 6.61 Å². The maximum atomic E-state index is 12.6. The molecule has 2 N–H and O–H groups in total. The number of fused-ring (bicyclic) bond motifs is 1. The molecule has 140 valence electrons. The molecular weight excluding hydrogens is 354 g/mol. The standard InChI is InChI=1S/C23H19NO4/c25-19-13-12-16-7-4-5-10-18(16)22(19)23(20-11-6-14-27-20)24-21(26)15-28-17-8-2-1-3-9-17/h1-14,23,25H,15H2,(H,24,26). The molecule has 1 atom stereocenters. The average Bonchev–Trinajstić information content (AvgIpc) is 3.26. The fraction of sp³-hybridized carbons (Fsp3) is 0.0870. The Morgan fingerprint density at radius 3 is 2.54 bits per heavy atom. The first-order chi connectivity index (χ1) is 13.7. The van der Waals surface area contributed by atoms with Crippen LogP contribution in [0.15, 0.2) is 89.5 Å². The zero-order valence-electron chi connectivity index (χ0n) is 15.0. The van der Waals surface area contributed by atoms with E-state index >= 15 is 0 Å². The van der Waals surface area contributed by atoms with E-state index in [2.05, 4.69) is 5.32 Å². The van der Waals surface area contributed by atoms with Gasteiger partial charge in [0.1, 0.15) is 23.3 Å². The number of carbonyl (C=O) groups is 1. The molecule has 4 aromatic rings. The monoisotopic (exact) mass is 373 g/mol. The van der Waals surface area contributed by atoms with Crippen LogP contribution in [0.4, 0.5) is 0 Å². The van der Waals surface area contributed by atoms with Crippen molar-refractivity contribution in [1.82, 2.24) is 5.32 Å². The number of nitrogens with one attached hydrogen (secondary N) is 1. The maximum absolute atomic E-state index is 12.6. The molecule has 0 aliphatic rings. The van der Waals surface area contributed by atoms with Gasteiger partial charge < -0.3 is 19.6 Å². The van der Waals surface area contributed by atoms with Gasteiger partial charge in [0.2, 0.25) is 0 Å². The molecule has 1 heterocycles. The van der Waals surface area contributed by atoms with Crippen molar-refractivity contribution in [3.05, 3.63) is 96.4 Å². The number of amides is 1. The lowest BCUT2D eigenvalue weighted by molar-refractivity contribution is -0.123. The van der Waals surface area contributed by atoms with Crippen molar-refractivity contribution in [3.8, 4) is 11.5 Å². The number of hydrogen-bond acceptors (Lipinski definition) is 4. The Hall–Kier alpha value is -3.73. The summed E-state index contributed by atoms with van der Waals surface area (Å²) in [6, 6.07) is 23.2. The smallest absolute Gasteiger partial charge is 0.258 e. The van der Waals surface area contributed by atoms with E-state index in [1.54, 1.807) is 30.3 Å². The van der Waals surface area contributed by atoms with Gasteiger partial charge in [-0.3, -0.25) is 4.79 Å². The van der Waals surface area contributed by atoms with Crippen LogP contribution in [0.25, 0.3) is 10.8 Å². The van der Waals surface area contributed by atoms with Crippen LogP contribution in [0.5, 0.6) is 11.5 Å². The topological polar surface area (TPSA) is 71.7 Å². The number of furan rings is 1. The Labute approximate surface area is 162 Å². The zero-order valence-corrected chi connectivity index (χ0v) is 15.0. The zero-order chi connectivity index (χ0) is 19.3. The van der Waals surface area contributed by atoms with Gasteiger partial charge in [0.25, 0.3) is 5.91 Å². The van der Waals surface area contributed by atoms with E-state index in [1.165, 1.54) is 6.26 Å². The number of phenolic OH excluding ortho intramolecular Hbond substituents is 1. The number of benzene rings is 3. The first-order valence-electron chi connectivity index (χ1n) is 8.93. The summed E-state index contributed by atoms with van der Waals surface area (Å²) >= 11 is 0. The minimum Gasteiger partial charge on any atom is -0.508 e. The van der Waals surface area contributed by atoms with Gasteiger partial charge in [0.05, 0.1) is 6.26 Å². The molecule has 0 aliphatic heterocycles. The summed E-state index contributed by atoms with van der Waals surface area (Å²) in [4.78, 5) is 12.6. The fourth-order valence-corrected chi connectivity index (χ4v) is 3.20. The summed E-state index contributed by atoms with van der Waals surface area (Å²) in [5.74, 6) is 0.905. The third kappa shape index (κ3) is 3.69. The third-order valence-corrected chi connectivity index (χ3v) is 4.48. The SMILES string of the molecule is O=C(COc1ccccc1)NC(c1ccco1)c1c(O)ccc2ccccc12. The Morgan fingerprint density at radius 2 is 1.75 bits per heavy atom. The Kier molecular flexibility index (Phi) is 4.97. The number of hydrogen-bond donors (Lipinski definition) is 2. The predicted molar refractivity (Wildman–Crippen MR) is 106 cm³/mol. The summed E-state index contributed by atoms with van der Waals surface area (Å²) in [6.07, 6.45) is 1.54. The molecule has 0 bridgehead atoms. The molecule has 1 aromatic heterocycles. The molecule has 0 saturated heterocycles. The molecule has 0 radical (unpaired) electrons. The first-order valence-corrected chi connectivity index (χ1v) is 8.93. The predicted octanol–water partition coefficient (Wildman–Crippen LogP) is 4.42. The Bertz CT molecular complexity index is 1070. The summed E-state index contributed by atoms with van der Waals surface area (Å²) < 4.78 is 11.1. The molecular formula is C23H19NO4. The lowest BCUT2D eigenvalue weighted by Crippen LogP contribution is -2.33. The minimum absolute atomic E-state index is 0.0874. The highest BCUT2D eigenvalue weighted by Crippen LogP contribution is 2.35. The van der Waals surface area contributed by atoms with Crippen molar-refractivity contribution in [2.45, 2.75) is 6.04 Å². The van der Waals surface area contributed by atoms with Crippen LogP contribution in [-0.4, -0.2) is 17.6 Å².